The van der Waals surface area contributed by atoms with E-state index >= 15 is 0 Å². The van der Waals surface area contributed by atoms with Gasteiger partial charge in [-0.2, -0.15) is 0 Å². The molecule has 0 saturated heterocycles. The molecule has 5 heteroatoms. The fraction of sp³-hybridized carbons (Fsp3) is 0.385. The number of carbonyl (C=O) groups is 2. The van der Waals surface area contributed by atoms with Gasteiger partial charge in [0.15, 0.2) is 5.78 Å². The molecule has 1 aliphatic heterocycles. The molecule has 0 fully saturated rings. The van der Waals surface area contributed by atoms with Crippen molar-refractivity contribution >= 4 is 29.1 Å². The van der Waals surface area contributed by atoms with Crippen molar-refractivity contribution in [2.75, 3.05) is 11.1 Å². The van der Waals surface area contributed by atoms with E-state index in [4.69, 9.17) is 0 Å². The molecule has 2 rings (SSSR count). The van der Waals surface area contributed by atoms with E-state index in [1.165, 1.54) is 11.8 Å². The molecule has 1 unspecified atom stereocenters. The second-order valence-corrected chi connectivity index (χ2v) is 5.57. The average Bonchev–Trinajstić information content (AvgIpc) is 2.35. The van der Waals surface area contributed by atoms with Crippen LogP contribution in [0.5, 0.6) is 0 Å². The second kappa shape index (κ2) is 5.12. The van der Waals surface area contributed by atoms with Crippen molar-refractivity contribution in [1.29, 1.82) is 0 Å². The molecule has 0 saturated carbocycles. The number of rotatable bonds is 3. The van der Waals surface area contributed by atoms with E-state index in [0.717, 1.165) is 4.90 Å². The zero-order chi connectivity index (χ0) is 13.3. The first kappa shape index (κ1) is 13.1. The van der Waals surface area contributed by atoms with Crippen LogP contribution in [0, 0.1) is 5.92 Å². The first-order valence-electron chi connectivity index (χ1n) is 5.77. The summed E-state index contributed by atoms with van der Waals surface area (Å²) >= 11 is 1.45. The zero-order valence-electron chi connectivity index (χ0n) is 10.3. The summed E-state index contributed by atoms with van der Waals surface area (Å²) in [6.45, 7) is 3.50. The monoisotopic (exact) mass is 265 g/mol. The van der Waals surface area contributed by atoms with Crippen molar-refractivity contribution < 1.29 is 14.7 Å². The lowest BCUT2D eigenvalue weighted by Crippen LogP contribution is -2.20. The number of Topliss-reactive ketones (excluding diaryl/α,β-unsaturated/α-hetero) is 1. The Balaban J connectivity index is 2.28. The van der Waals surface area contributed by atoms with Crippen LogP contribution in [-0.4, -0.2) is 22.5 Å². The number of amides is 1. The number of fused-ring (bicyclic) bond motifs is 1. The van der Waals surface area contributed by atoms with Crippen molar-refractivity contribution in [2.24, 2.45) is 5.92 Å². The number of carbonyl (C=O) groups excluding carboxylic acids is 2. The molecular formula is C13H15NO3S. The van der Waals surface area contributed by atoms with Crippen LogP contribution in [0.4, 0.5) is 5.69 Å². The van der Waals surface area contributed by atoms with Gasteiger partial charge in [-0.1, -0.05) is 19.9 Å². The summed E-state index contributed by atoms with van der Waals surface area (Å²) in [5.74, 6) is -0.0983. The van der Waals surface area contributed by atoms with Crippen LogP contribution < -0.4 is 5.32 Å². The van der Waals surface area contributed by atoms with Gasteiger partial charge in [0.2, 0.25) is 5.91 Å². The Kier molecular flexibility index (Phi) is 3.73. The maximum absolute atomic E-state index is 11.7. The van der Waals surface area contributed by atoms with Crippen LogP contribution in [0.1, 0.15) is 25.5 Å². The van der Waals surface area contributed by atoms with E-state index in [1.54, 1.807) is 26.0 Å². The van der Waals surface area contributed by atoms with Gasteiger partial charge in [0.25, 0.3) is 0 Å². The van der Waals surface area contributed by atoms with Crippen LogP contribution in [0.3, 0.4) is 0 Å². The number of nitrogens with one attached hydrogen (secondary N) is 1. The van der Waals surface area contributed by atoms with Gasteiger partial charge in [0, 0.05) is 10.8 Å². The number of benzene rings is 1. The van der Waals surface area contributed by atoms with Gasteiger partial charge in [-0.3, -0.25) is 9.59 Å². The summed E-state index contributed by atoms with van der Waals surface area (Å²) in [7, 11) is 0. The molecule has 1 heterocycles. The molecule has 0 bridgehead atoms. The Hall–Kier alpha value is -1.33. The topological polar surface area (TPSA) is 66.4 Å². The van der Waals surface area contributed by atoms with Crippen LogP contribution in [0.2, 0.25) is 0 Å². The van der Waals surface area contributed by atoms with Crippen molar-refractivity contribution in [1.82, 2.24) is 0 Å². The second-order valence-electron chi connectivity index (χ2n) is 4.55. The number of anilines is 1. The van der Waals surface area contributed by atoms with Gasteiger partial charge in [-0.15, -0.1) is 11.8 Å². The molecule has 0 radical (unpaired) electrons. The molecule has 18 heavy (non-hydrogen) atoms. The van der Waals surface area contributed by atoms with Gasteiger partial charge in [0.1, 0.15) is 6.10 Å². The van der Waals surface area contributed by atoms with Crippen LogP contribution >= 0.6 is 11.8 Å². The van der Waals surface area contributed by atoms with Crippen molar-refractivity contribution in [3.05, 3.63) is 23.8 Å². The number of hydrogen-bond acceptors (Lipinski definition) is 4. The van der Waals surface area contributed by atoms with E-state index < -0.39 is 6.10 Å². The zero-order valence-corrected chi connectivity index (χ0v) is 11.1. The molecule has 1 aromatic carbocycles. The third-order valence-electron chi connectivity index (χ3n) is 2.79. The minimum Gasteiger partial charge on any atom is -0.381 e. The summed E-state index contributed by atoms with van der Waals surface area (Å²) < 4.78 is 0. The summed E-state index contributed by atoms with van der Waals surface area (Å²) in [5, 5.41) is 12.7. The Morgan fingerprint density at radius 3 is 2.83 bits per heavy atom. The standard InChI is InChI=1S/C13H15NO3S/c1-7(2)12(16)13(17)8-3-4-10-9(5-8)14-11(15)6-18-10/h3-5,7,13,17H,6H2,1-2H3,(H,14,15). The normalized spacial score (nSPS) is 16.1. The first-order valence-corrected chi connectivity index (χ1v) is 6.76. The maximum Gasteiger partial charge on any atom is 0.234 e. The number of ketones is 1. The molecule has 4 nitrogen and oxygen atoms in total. The molecule has 96 valence electrons. The van der Waals surface area contributed by atoms with Gasteiger partial charge in [-0.25, -0.2) is 0 Å². The molecule has 1 aliphatic rings. The Labute approximate surface area is 110 Å². The Morgan fingerprint density at radius 1 is 1.44 bits per heavy atom. The summed E-state index contributed by atoms with van der Waals surface area (Å²) in [6, 6.07) is 5.23. The minimum atomic E-state index is -1.13. The number of aliphatic hydroxyl groups is 1. The highest BCUT2D eigenvalue weighted by Gasteiger charge is 2.22. The largest absolute Gasteiger partial charge is 0.381 e. The lowest BCUT2D eigenvalue weighted by Gasteiger charge is -2.19. The van der Waals surface area contributed by atoms with Crippen molar-refractivity contribution in [3.63, 3.8) is 0 Å². The number of thioether (sulfide) groups is 1. The minimum absolute atomic E-state index is 0.0608. The Morgan fingerprint density at radius 2 is 2.17 bits per heavy atom. The van der Waals surface area contributed by atoms with Crippen LogP contribution in [0.15, 0.2) is 23.1 Å². The highest BCUT2D eigenvalue weighted by Crippen LogP contribution is 2.33. The lowest BCUT2D eigenvalue weighted by atomic mass is 9.97. The third-order valence-corrected chi connectivity index (χ3v) is 3.86. The number of aliphatic hydroxyl groups excluding tert-OH is 1. The van der Waals surface area contributed by atoms with E-state index in [2.05, 4.69) is 5.32 Å². The molecule has 0 aromatic heterocycles. The Bertz CT molecular complexity index is 499. The molecule has 1 atom stereocenters. The molecule has 0 spiro atoms. The average molecular weight is 265 g/mol. The SMILES string of the molecule is CC(C)C(=O)C(O)c1ccc2c(c1)NC(=O)CS2. The summed E-state index contributed by atoms with van der Waals surface area (Å²) in [4.78, 5) is 24.0. The molecule has 0 aliphatic carbocycles. The van der Waals surface area contributed by atoms with Gasteiger partial charge in [0.05, 0.1) is 11.4 Å². The van der Waals surface area contributed by atoms with Gasteiger partial charge >= 0.3 is 0 Å². The fourth-order valence-corrected chi connectivity index (χ4v) is 2.54. The predicted molar refractivity (Wildman–Crippen MR) is 70.6 cm³/mol. The van der Waals surface area contributed by atoms with Crippen LogP contribution in [0.25, 0.3) is 0 Å². The maximum atomic E-state index is 11.7. The van der Waals surface area contributed by atoms with Crippen molar-refractivity contribution in [2.45, 2.75) is 24.8 Å². The van der Waals surface area contributed by atoms with Gasteiger partial charge in [-0.05, 0) is 17.7 Å². The summed E-state index contributed by atoms with van der Waals surface area (Å²) in [6.07, 6.45) is -1.13. The molecule has 2 N–H and O–H groups in total. The quantitative estimate of drug-likeness (QED) is 0.877. The lowest BCUT2D eigenvalue weighted by molar-refractivity contribution is -0.130. The van der Waals surface area contributed by atoms with Crippen LogP contribution in [-0.2, 0) is 9.59 Å². The number of hydrogen-bond donors (Lipinski definition) is 2. The van der Waals surface area contributed by atoms with E-state index in [0.29, 0.717) is 17.0 Å². The highest BCUT2D eigenvalue weighted by atomic mass is 32.2. The summed E-state index contributed by atoms with van der Waals surface area (Å²) in [5.41, 5.74) is 1.19. The molecular weight excluding hydrogens is 250 g/mol. The molecule has 1 amide bonds. The van der Waals surface area contributed by atoms with Gasteiger partial charge < -0.3 is 10.4 Å². The van der Waals surface area contributed by atoms with Crippen molar-refractivity contribution in [3.8, 4) is 0 Å². The molecule has 1 aromatic rings. The first-order chi connectivity index (χ1) is 8.49. The van der Waals surface area contributed by atoms with E-state index in [1.807, 2.05) is 6.07 Å². The smallest absolute Gasteiger partial charge is 0.234 e. The highest BCUT2D eigenvalue weighted by molar-refractivity contribution is 8.00. The van der Waals surface area contributed by atoms with E-state index in [9.17, 15) is 14.7 Å². The fourth-order valence-electron chi connectivity index (χ4n) is 1.75. The third kappa shape index (κ3) is 2.57. The van der Waals surface area contributed by atoms with E-state index in [-0.39, 0.29) is 17.6 Å². The predicted octanol–water partition coefficient (Wildman–Crippen LogP) is 1.99.